The van der Waals surface area contributed by atoms with Crippen molar-refractivity contribution in [1.82, 2.24) is 20.4 Å². The SMILES string of the molecule is CN=C(NCC(C)c1cccc(C)c1)N1CCN(CC(=O)NC2CC2)CC1. The molecule has 2 aliphatic rings. The van der Waals surface area contributed by atoms with Crippen LogP contribution in [0, 0.1) is 6.92 Å². The average molecular weight is 372 g/mol. The van der Waals surface area contributed by atoms with Gasteiger partial charge in [0.2, 0.25) is 5.91 Å². The normalized spacial score (nSPS) is 19.7. The van der Waals surface area contributed by atoms with E-state index in [0.717, 1.165) is 51.5 Å². The molecule has 1 atom stereocenters. The minimum Gasteiger partial charge on any atom is -0.356 e. The van der Waals surface area contributed by atoms with E-state index in [-0.39, 0.29) is 5.91 Å². The molecule has 6 nitrogen and oxygen atoms in total. The van der Waals surface area contributed by atoms with Gasteiger partial charge in [-0.3, -0.25) is 14.7 Å². The van der Waals surface area contributed by atoms with Gasteiger partial charge in [0.25, 0.3) is 0 Å². The van der Waals surface area contributed by atoms with Gasteiger partial charge >= 0.3 is 0 Å². The second-order valence-electron chi connectivity index (χ2n) is 7.85. The van der Waals surface area contributed by atoms with Gasteiger partial charge in [-0.25, -0.2) is 0 Å². The molecule has 0 bridgehead atoms. The summed E-state index contributed by atoms with van der Waals surface area (Å²) in [6.07, 6.45) is 2.28. The summed E-state index contributed by atoms with van der Waals surface area (Å²) in [7, 11) is 1.84. The number of benzene rings is 1. The molecule has 1 aliphatic carbocycles. The Kier molecular flexibility index (Phi) is 6.72. The number of nitrogens with zero attached hydrogens (tertiary/aromatic N) is 3. The fraction of sp³-hybridized carbons (Fsp3) is 0.619. The number of aryl methyl sites for hydroxylation is 1. The van der Waals surface area contributed by atoms with Gasteiger partial charge in [0.05, 0.1) is 6.54 Å². The summed E-state index contributed by atoms with van der Waals surface area (Å²) in [4.78, 5) is 21.0. The first-order chi connectivity index (χ1) is 13.0. The molecule has 1 aromatic rings. The first kappa shape index (κ1) is 19.7. The lowest BCUT2D eigenvalue weighted by Gasteiger charge is -2.36. The molecule has 148 valence electrons. The summed E-state index contributed by atoms with van der Waals surface area (Å²) in [5.41, 5.74) is 2.65. The molecule has 1 amide bonds. The first-order valence-electron chi connectivity index (χ1n) is 10.1. The summed E-state index contributed by atoms with van der Waals surface area (Å²) in [5, 5.41) is 6.59. The third kappa shape index (κ3) is 5.96. The van der Waals surface area contributed by atoms with E-state index in [1.165, 1.54) is 11.1 Å². The smallest absolute Gasteiger partial charge is 0.234 e. The van der Waals surface area contributed by atoms with Crippen LogP contribution in [-0.4, -0.2) is 74.0 Å². The molecule has 0 spiro atoms. The second kappa shape index (κ2) is 9.22. The van der Waals surface area contributed by atoms with Crippen molar-refractivity contribution in [2.45, 2.75) is 38.6 Å². The molecule has 1 unspecified atom stereocenters. The number of amides is 1. The maximum atomic E-state index is 12.0. The van der Waals surface area contributed by atoms with E-state index >= 15 is 0 Å². The highest BCUT2D eigenvalue weighted by Crippen LogP contribution is 2.18. The largest absolute Gasteiger partial charge is 0.356 e. The summed E-state index contributed by atoms with van der Waals surface area (Å²) >= 11 is 0. The Morgan fingerprint density at radius 1 is 1.26 bits per heavy atom. The van der Waals surface area contributed by atoms with Crippen LogP contribution in [0.2, 0.25) is 0 Å². The maximum absolute atomic E-state index is 12.0. The van der Waals surface area contributed by atoms with Crippen LogP contribution in [0.25, 0.3) is 0 Å². The molecule has 6 heteroatoms. The Labute approximate surface area is 163 Å². The van der Waals surface area contributed by atoms with Crippen LogP contribution in [-0.2, 0) is 4.79 Å². The molecule has 1 saturated carbocycles. The van der Waals surface area contributed by atoms with E-state index in [0.29, 0.717) is 18.5 Å². The molecule has 3 rings (SSSR count). The zero-order chi connectivity index (χ0) is 19.2. The Hall–Kier alpha value is -2.08. The number of hydrogen-bond donors (Lipinski definition) is 2. The molecule has 0 aromatic heterocycles. The van der Waals surface area contributed by atoms with Crippen LogP contribution in [0.1, 0.15) is 36.8 Å². The van der Waals surface area contributed by atoms with Crippen molar-refractivity contribution in [3.8, 4) is 0 Å². The number of rotatable bonds is 6. The topological polar surface area (TPSA) is 60.0 Å². The first-order valence-corrected chi connectivity index (χ1v) is 10.1. The van der Waals surface area contributed by atoms with Crippen molar-refractivity contribution in [1.29, 1.82) is 0 Å². The number of carbonyl (C=O) groups excluding carboxylic acids is 1. The summed E-state index contributed by atoms with van der Waals surface area (Å²) < 4.78 is 0. The van der Waals surface area contributed by atoms with Gasteiger partial charge in [-0.05, 0) is 31.2 Å². The Morgan fingerprint density at radius 2 is 2.00 bits per heavy atom. The predicted octanol–water partition coefficient (Wildman–Crippen LogP) is 1.57. The lowest BCUT2D eigenvalue weighted by molar-refractivity contribution is -0.122. The summed E-state index contributed by atoms with van der Waals surface area (Å²) in [6, 6.07) is 9.13. The molecule has 1 aliphatic heterocycles. The fourth-order valence-electron chi connectivity index (χ4n) is 3.49. The molecule has 1 saturated heterocycles. The van der Waals surface area contributed by atoms with E-state index in [2.05, 4.69) is 63.5 Å². The number of hydrogen-bond acceptors (Lipinski definition) is 3. The van der Waals surface area contributed by atoms with E-state index < -0.39 is 0 Å². The summed E-state index contributed by atoms with van der Waals surface area (Å²) in [5.74, 6) is 1.55. The van der Waals surface area contributed by atoms with E-state index in [4.69, 9.17) is 0 Å². The van der Waals surface area contributed by atoms with E-state index in [1.54, 1.807) is 0 Å². The van der Waals surface area contributed by atoms with Gasteiger partial charge in [-0.1, -0.05) is 36.8 Å². The molecule has 1 aromatic carbocycles. The zero-order valence-corrected chi connectivity index (χ0v) is 16.9. The number of carbonyl (C=O) groups is 1. The molecular weight excluding hydrogens is 338 g/mol. The molecule has 2 N–H and O–H groups in total. The monoisotopic (exact) mass is 371 g/mol. The molecule has 27 heavy (non-hydrogen) atoms. The minimum absolute atomic E-state index is 0.167. The molecule has 0 radical (unpaired) electrons. The van der Waals surface area contributed by atoms with Crippen molar-refractivity contribution in [2.24, 2.45) is 4.99 Å². The second-order valence-corrected chi connectivity index (χ2v) is 7.85. The van der Waals surface area contributed by atoms with Crippen LogP contribution in [0.5, 0.6) is 0 Å². The van der Waals surface area contributed by atoms with E-state index in [1.807, 2.05) is 7.05 Å². The molecule has 2 fully saturated rings. The Bertz CT molecular complexity index is 662. The number of nitrogens with one attached hydrogen (secondary N) is 2. The zero-order valence-electron chi connectivity index (χ0n) is 16.9. The lowest BCUT2D eigenvalue weighted by atomic mass is 9.99. The quantitative estimate of drug-likeness (QED) is 0.589. The number of aliphatic imine (C=N–C) groups is 1. The average Bonchev–Trinajstić information content (AvgIpc) is 3.47. The van der Waals surface area contributed by atoms with Crippen molar-refractivity contribution < 1.29 is 4.79 Å². The Balaban J connectivity index is 1.42. The van der Waals surface area contributed by atoms with Gasteiger partial charge in [-0.15, -0.1) is 0 Å². The third-order valence-corrected chi connectivity index (χ3v) is 5.37. The minimum atomic E-state index is 0.167. The van der Waals surface area contributed by atoms with Gasteiger partial charge in [0.1, 0.15) is 0 Å². The van der Waals surface area contributed by atoms with Crippen molar-refractivity contribution in [3.05, 3.63) is 35.4 Å². The molecule has 1 heterocycles. The highest BCUT2D eigenvalue weighted by atomic mass is 16.2. The number of piperazine rings is 1. The van der Waals surface area contributed by atoms with Crippen LogP contribution in [0.3, 0.4) is 0 Å². The van der Waals surface area contributed by atoms with Gasteiger partial charge < -0.3 is 15.5 Å². The maximum Gasteiger partial charge on any atom is 0.234 e. The predicted molar refractivity (Wildman–Crippen MR) is 110 cm³/mol. The highest BCUT2D eigenvalue weighted by molar-refractivity contribution is 5.80. The standard InChI is InChI=1S/C21H33N5O/c1-16-5-4-6-18(13-16)17(2)14-23-21(22-3)26-11-9-25(10-12-26)15-20(27)24-19-7-8-19/h4-6,13,17,19H,7-12,14-15H2,1-3H3,(H,22,23)(H,24,27). The van der Waals surface area contributed by atoms with Gasteiger partial charge in [0.15, 0.2) is 5.96 Å². The summed E-state index contributed by atoms with van der Waals surface area (Å²) in [6.45, 7) is 9.34. The van der Waals surface area contributed by atoms with Gasteiger partial charge in [0, 0.05) is 45.8 Å². The van der Waals surface area contributed by atoms with Crippen LogP contribution >= 0.6 is 0 Å². The lowest BCUT2D eigenvalue weighted by Crippen LogP contribution is -2.54. The van der Waals surface area contributed by atoms with Gasteiger partial charge in [-0.2, -0.15) is 0 Å². The number of guanidine groups is 1. The van der Waals surface area contributed by atoms with Crippen LogP contribution < -0.4 is 10.6 Å². The van der Waals surface area contributed by atoms with Crippen molar-refractivity contribution in [3.63, 3.8) is 0 Å². The van der Waals surface area contributed by atoms with E-state index in [9.17, 15) is 4.79 Å². The van der Waals surface area contributed by atoms with Crippen molar-refractivity contribution >= 4 is 11.9 Å². The third-order valence-electron chi connectivity index (χ3n) is 5.37. The highest BCUT2D eigenvalue weighted by Gasteiger charge is 2.26. The molecular formula is C21H33N5O. The van der Waals surface area contributed by atoms with Crippen molar-refractivity contribution in [2.75, 3.05) is 46.3 Å². The fourth-order valence-corrected chi connectivity index (χ4v) is 3.49. The Morgan fingerprint density at radius 3 is 2.63 bits per heavy atom. The van der Waals surface area contributed by atoms with Crippen LogP contribution in [0.4, 0.5) is 0 Å². The van der Waals surface area contributed by atoms with Crippen LogP contribution in [0.15, 0.2) is 29.3 Å².